The molecule has 2 nitrogen and oxygen atoms in total. The summed E-state index contributed by atoms with van der Waals surface area (Å²) < 4.78 is 0. The first-order valence-electron chi connectivity index (χ1n) is 2.93. The van der Waals surface area contributed by atoms with Gasteiger partial charge in [0.15, 0.2) is 0 Å². The van der Waals surface area contributed by atoms with Crippen LogP contribution >= 0.6 is 0 Å². The minimum Gasteiger partial charge on any atom is -0.541 e. The Bertz CT molecular complexity index is 97.1. The SMILES string of the molecule is CC1CNCC1[C-]=O.[Y]. The third-order valence-corrected chi connectivity index (χ3v) is 1.67. The van der Waals surface area contributed by atoms with Crippen molar-refractivity contribution >= 4 is 6.29 Å². The number of hydrogen-bond donors (Lipinski definition) is 1. The second-order valence-electron chi connectivity index (χ2n) is 2.36. The van der Waals surface area contributed by atoms with Crippen LogP contribution < -0.4 is 5.32 Å². The van der Waals surface area contributed by atoms with Gasteiger partial charge in [-0.05, 0) is 13.1 Å². The van der Waals surface area contributed by atoms with Crippen molar-refractivity contribution in [3.05, 3.63) is 0 Å². The van der Waals surface area contributed by atoms with Gasteiger partial charge in [-0.3, -0.25) is 6.29 Å². The van der Waals surface area contributed by atoms with Crippen LogP contribution in [0.3, 0.4) is 0 Å². The minimum absolute atomic E-state index is 0. The number of nitrogens with one attached hydrogen (secondary N) is 1. The molecule has 0 aromatic heterocycles. The molecule has 0 aliphatic carbocycles. The predicted octanol–water partition coefficient (Wildman–Crippen LogP) is -0.0509. The van der Waals surface area contributed by atoms with Crippen LogP contribution in [0.5, 0.6) is 0 Å². The molecule has 1 heterocycles. The van der Waals surface area contributed by atoms with E-state index in [9.17, 15) is 4.79 Å². The molecule has 2 unspecified atom stereocenters. The van der Waals surface area contributed by atoms with Crippen LogP contribution in [0.1, 0.15) is 6.92 Å². The fraction of sp³-hybridized carbons (Fsp3) is 0.833. The number of rotatable bonds is 1. The Morgan fingerprint density at radius 3 is 2.44 bits per heavy atom. The van der Waals surface area contributed by atoms with Crippen molar-refractivity contribution in [2.45, 2.75) is 6.92 Å². The molecule has 1 fully saturated rings. The molecule has 0 bridgehead atoms. The van der Waals surface area contributed by atoms with Gasteiger partial charge >= 0.3 is 0 Å². The zero-order valence-corrected chi connectivity index (χ0v) is 8.39. The maximum Gasteiger partial charge on any atom is 0 e. The summed E-state index contributed by atoms with van der Waals surface area (Å²) >= 11 is 0. The fourth-order valence-corrected chi connectivity index (χ4v) is 0.968. The van der Waals surface area contributed by atoms with Gasteiger partial charge in [-0.25, -0.2) is 0 Å². The molecular weight excluding hydrogens is 191 g/mol. The van der Waals surface area contributed by atoms with Crippen molar-refractivity contribution in [3.8, 4) is 0 Å². The van der Waals surface area contributed by atoms with Crippen LogP contribution in [0.4, 0.5) is 0 Å². The average molecular weight is 201 g/mol. The first kappa shape index (κ1) is 9.73. The van der Waals surface area contributed by atoms with Gasteiger partial charge in [0.1, 0.15) is 0 Å². The molecule has 1 aliphatic rings. The molecule has 0 aromatic carbocycles. The Hall–Kier alpha value is 0.734. The second-order valence-corrected chi connectivity index (χ2v) is 2.36. The molecule has 0 aromatic rings. The molecule has 49 valence electrons. The van der Waals surface area contributed by atoms with Crippen molar-refractivity contribution in [2.75, 3.05) is 13.1 Å². The van der Waals surface area contributed by atoms with Gasteiger partial charge in [-0.15, -0.1) is 5.92 Å². The van der Waals surface area contributed by atoms with Crippen LogP contribution in [0.2, 0.25) is 0 Å². The molecule has 0 spiro atoms. The van der Waals surface area contributed by atoms with Gasteiger partial charge in [0.05, 0.1) is 0 Å². The van der Waals surface area contributed by atoms with Gasteiger partial charge < -0.3 is 10.1 Å². The third kappa shape index (κ3) is 2.44. The predicted molar refractivity (Wildman–Crippen MR) is 31.2 cm³/mol. The maximum atomic E-state index is 10.1. The molecule has 1 saturated heterocycles. The molecular formula is C6H10NOY-. The van der Waals surface area contributed by atoms with E-state index in [2.05, 4.69) is 12.2 Å². The molecule has 1 rings (SSSR count). The van der Waals surface area contributed by atoms with E-state index in [-0.39, 0.29) is 38.6 Å². The summed E-state index contributed by atoms with van der Waals surface area (Å²) in [7, 11) is 0. The summed E-state index contributed by atoms with van der Waals surface area (Å²) in [5.41, 5.74) is 0. The van der Waals surface area contributed by atoms with Crippen molar-refractivity contribution in [1.82, 2.24) is 5.32 Å². The fourth-order valence-electron chi connectivity index (χ4n) is 0.968. The molecule has 1 N–H and O–H groups in total. The molecule has 0 amide bonds. The topological polar surface area (TPSA) is 29.1 Å². The Labute approximate surface area is 80.7 Å². The third-order valence-electron chi connectivity index (χ3n) is 1.67. The van der Waals surface area contributed by atoms with E-state index in [1.807, 2.05) is 6.29 Å². The van der Waals surface area contributed by atoms with Gasteiger partial charge in [0, 0.05) is 32.7 Å². The van der Waals surface area contributed by atoms with E-state index in [0.717, 1.165) is 13.1 Å². The Balaban J connectivity index is 0.000000640. The van der Waals surface area contributed by atoms with Gasteiger partial charge in [0.2, 0.25) is 0 Å². The van der Waals surface area contributed by atoms with E-state index in [4.69, 9.17) is 0 Å². The van der Waals surface area contributed by atoms with Gasteiger partial charge in [0.25, 0.3) is 0 Å². The van der Waals surface area contributed by atoms with E-state index < -0.39 is 0 Å². The van der Waals surface area contributed by atoms with Crippen LogP contribution in [0, 0.1) is 11.8 Å². The van der Waals surface area contributed by atoms with E-state index in [1.54, 1.807) is 0 Å². The van der Waals surface area contributed by atoms with Crippen molar-refractivity contribution in [3.63, 3.8) is 0 Å². The summed E-state index contributed by atoms with van der Waals surface area (Å²) in [4.78, 5) is 10.1. The summed E-state index contributed by atoms with van der Waals surface area (Å²) in [6.45, 7) is 3.86. The molecule has 1 aliphatic heterocycles. The van der Waals surface area contributed by atoms with Crippen LogP contribution in [0.15, 0.2) is 0 Å². The monoisotopic (exact) mass is 201 g/mol. The maximum absolute atomic E-state index is 10.1. The van der Waals surface area contributed by atoms with Crippen molar-refractivity contribution < 1.29 is 37.5 Å². The van der Waals surface area contributed by atoms with E-state index in [1.165, 1.54) is 0 Å². The first-order valence-corrected chi connectivity index (χ1v) is 2.93. The summed E-state index contributed by atoms with van der Waals surface area (Å²) in [5.74, 6) is 0.641. The smallest absolute Gasteiger partial charge is 0 e. The number of hydrogen-bond acceptors (Lipinski definition) is 2. The summed E-state index contributed by atoms with van der Waals surface area (Å²) in [5, 5.41) is 3.11. The zero-order valence-electron chi connectivity index (χ0n) is 5.55. The van der Waals surface area contributed by atoms with Crippen molar-refractivity contribution in [2.24, 2.45) is 11.8 Å². The zero-order chi connectivity index (χ0) is 5.98. The Morgan fingerprint density at radius 1 is 1.56 bits per heavy atom. The van der Waals surface area contributed by atoms with Crippen LogP contribution in [-0.2, 0) is 37.5 Å². The molecule has 2 atom stereocenters. The normalized spacial score (nSPS) is 33.4. The first-order chi connectivity index (χ1) is 3.84. The molecule has 1 radical (unpaired) electrons. The minimum atomic E-state index is 0. The molecule has 9 heavy (non-hydrogen) atoms. The second kappa shape index (κ2) is 4.53. The van der Waals surface area contributed by atoms with Gasteiger partial charge in [-0.1, -0.05) is 12.8 Å². The molecule has 0 saturated carbocycles. The summed E-state index contributed by atoms with van der Waals surface area (Å²) in [6, 6.07) is 0. The Kier molecular flexibility index (Phi) is 4.90. The van der Waals surface area contributed by atoms with Crippen LogP contribution in [-0.4, -0.2) is 19.4 Å². The van der Waals surface area contributed by atoms with Crippen molar-refractivity contribution in [1.29, 1.82) is 0 Å². The van der Waals surface area contributed by atoms with E-state index >= 15 is 0 Å². The number of carbonyl (C=O) groups excluding carboxylic acids is 1. The largest absolute Gasteiger partial charge is 0.541 e. The summed E-state index contributed by atoms with van der Waals surface area (Å²) in [6.07, 6.45) is 2.00. The average Bonchev–Trinajstić information content (AvgIpc) is 2.14. The standard InChI is InChI=1S/C6H10NO.Y/c1-5-2-7-3-6(5)4-8;/h5-7H,2-3H2,1H3;/q-1;. The van der Waals surface area contributed by atoms with E-state index in [0.29, 0.717) is 5.92 Å². The molecule has 3 heteroatoms. The van der Waals surface area contributed by atoms with Gasteiger partial charge in [-0.2, -0.15) is 0 Å². The van der Waals surface area contributed by atoms with Crippen LogP contribution in [0.25, 0.3) is 0 Å². The Morgan fingerprint density at radius 2 is 2.22 bits per heavy atom. The quantitative estimate of drug-likeness (QED) is 0.602.